The number of aromatic nitrogens is 1. The Balaban J connectivity index is 1.46. The summed E-state index contributed by atoms with van der Waals surface area (Å²) in [4.78, 5) is 4.35. The summed E-state index contributed by atoms with van der Waals surface area (Å²) in [6.07, 6.45) is 1.64. The van der Waals surface area contributed by atoms with Crippen LogP contribution in [-0.2, 0) is 16.6 Å². The van der Waals surface area contributed by atoms with Gasteiger partial charge >= 0.3 is 0 Å². The molecule has 0 atom stereocenters. The molecule has 0 amide bonds. The first-order valence-electron chi connectivity index (χ1n) is 9.52. The lowest BCUT2D eigenvalue weighted by Crippen LogP contribution is -2.23. The Bertz CT molecular complexity index is 1440. The quantitative estimate of drug-likeness (QED) is 0.433. The zero-order valence-corrected chi connectivity index (χ0v) is 16.8. The van der Waals surface area contributed by atoms with Crippen molar-refractivity contribution in [3.8, 4) is 11.1 Å². The summed E-state index contributed by atoms with van der Waals surface area (Å²) in [5, 5.41) is 2.10. The third-order valence-electron chi connectivity index (χ3n) is 5.05. The number of fused-ring (bicyclic) bond motifs is 3. The van der Waals surface area contributed by atoms with E-state index in [2.05, 4.69) is 9.71 Å². The van der Waals surface area contributed by atoms with E-state index in [4.69, 9.17) is 4.42 Å². The van der Waals surface area contributed by atoms with Crippen LogP contribution in [0.3, 0.4) is 0 Å². The van der Waals surface area contributed by atoms with Crippen molar-refractivity contribution >= 4 is 32.0 Å². The zero-order valence-electron chi connectivity index (χ0n) is 15.9. The average molecular weight is 414 g/mol. The Hall–Kier alpha value is -3.48. The monoisotopic (exact) mass is 414 g/mol. The third-order valence-corrected chi connectivity index (χ3v) is 6.47. The first-order valence-corrected chi connectivity index (χ1v) is 11.0. The van der Waals surface area contributed by atoms with E-state index in [9.17, 15) is 8.42 Å². The van der Waals surface area contributed by atoms with Crippen LogP contribution in [-0.4, -0.2) is 13.4 Å². The van der Waals surface area contributed by atoms with Gasteiger partial charge in [-0.2, -0.15) is 0 Å². The van der Waals surface area contributed by atoms with Gasteiger partial charge in [-0.3, -0.25) is 4.98 Å². The molecule has 5 aromatic rings. The average Bonchev–Trinajstić information content (AvgIpc) is 3.17. The Morgan fingerprint density at radius 1 is 0.800 bits per heavy atom. The highest BCUT2D eigenvalue weighted by Gasteiger charge is 2.16. The summed E-state index contributed by atoms with van der Waals surface area (Å²) < 4.78 is 33.9. The lowest BCUT2D eigenvalue weighted by Gasteiger charge is -2.08. The number of hydrogen-bond acceptors (Lipinski definition) is 4. The van der Waals surface area contributed by atoms with Gasteiger partial charge in [-0.05, 0) is 35.9 Å². The van der Waals surface area contributed by atoms with Gasteiger partial charge in [0, 0.05) is 22.5 Å². The molecule has 30 heavy (non-hydrogen) atoms. The van der Waals surface area contributed by atoms with Crippen molar-refractivity contribution in [1.82, 2.24) is 9.71 Å². The molecule has 148 valence electrons. The second kappa shape index (κ2) is 7.40. The van der Waals surface area contributed by atoms with E-state index < -0.39 is 10.0 Å². The van der Waals surface area contributed by atoms with Gasteiger partial charge in [0.05, 0.1) is 17.1 Å². The summed E-state index contributed by atoms with van der Waals surface area (Å²) in [7, 11) is -3.63. The molecule has 2 heterocycles. The molecule has 0 spiro atoms. The zero-order chi connectivity index (χ0) is 20.6. The van der Waals surface area contributed by atoms with E-state index in [0.29, 0.717) is 5.69 Å². The fourth-order valence-electron chi connectivity index (χ4n) is 3.54. The molecule has 0 bridgehead atoms. The Labute approximate surface area is 174 Å². The van der Waals surface area contributed by atoms with Crippen LogP contribution in [0.2, 0.25) is 0 Å². The van der Waals surface area contributed by atoms with E-state index in [0.717, 1.165) is 33.1 Å². The molecule has 6 heteroatoms. The van der Waals surface area contributed by atoms with E-state index in [-0.39, 0.29) is 11.4 Å². The SMILES string of the molecule is O=S(=O)(NCc1ccccn1)c1ccc(-c2cccc3c2oc2ccccc23)cc1. The second-order valence-corrected chi connectivity index (χ2v) is 8.72. The number of para-hydroxylation sites is 2. The van der Waals surface area contributed by atoms with Gasteiger partial charge < -0.3 is 4.42 Å². The molecule has 0 fully saturated rings. The molecule has 0 aliphatic heterocycles. The van der Waals surface area contributed by atoms with Crippen molar-refractivity contribution in [2.75, 3.05) is 0 Å². The molecule has 1 N–H and O–H groups in total. The van der Waals surface area contributed by atoms with Gasteiger partial charge in [0.2, 0.25) is 10.0 Å². The molecule has 5 nitrogen and oxygen atoms in total. The lowest BCUT2D eigenvalue weighted by molar-refractivity contribution is 0.580. The topological polar surface area (TPSA) is 72.2 Å². The maximum atomic E-state index is 12.6. The predicted molar refractivity (Wildman–Crippen MR) is 117 cm³/mol. The normalized spacial score (nSPS) is 11.9. The Morgan fingerprint density at radius 2 is 1.57 bits per heavy atom. The minimum atomic E-state index is -3.63. The van der Waals surface area contributed by atoms with Gasteiger partial charge in [0.1, 0.15) is 11.2 Å². The van der Waals surface area contributed by atoms with E-state index in [1.807, 2.05) is 48.5 Å². The largest absolute Gasteiger partial charge is 0.455 e. The minimum absolute atomic E-state index is 0.142. The number of benzene rings is 3. The molecule has 3 aromatic carbocycles. The molecule has 0 radical (unpaired) electrons. The standard InChI is InChI=1S/C24H18N2O3S/c27-30(28,26-16-18-6-3-4-15-25-18)19-13-11-17(12-14-19)20-8-5-9-22-21-7-1-2-10-23(21)29-24(20)22/h1-15,26H,16H2. The van der Waals surface area contributed by atoms with Crippen LogP contribution in [0.25, 0.3) is 33.1 Å². The number of pyridine rings is 1. The van der Waals surface area contributed by atoms with Crippen LogP contribution in [0.4, 0.5) is 0 Å². The molecular weight excluding hydrogens is 396 g/mol. The van der Waals surface area contributed by atoms with Gasteiger partial charge in [-0.15, -0.1) is 0 Å². The summed E-state index contributed by atoms with van der Waals surface area (Å²) in [6, 6.07) is 26.1. The van der Waals surface area contributed by atoms with Crippen LogP contribution in [0, 0.1) is 0 Å². The Kier molecular flexibility index (Phi) is 4.58. The Morgan fingerprint density at radius 3 is 2.37 bits per heavy atom. The molecule has 0 unspecified atom stereocenters. The number of hydrogen-bond donors (Lipinski definition) is 1. The number of rotatable bonds is 5. The van der Waals surface area contributed by atoms with Crippen molar-refractivity contribution in [3.05, 3.63) is 96.8 Å². The maximum absolute atomic E-state index is 12.6. The highest BCUT2D eigenvalue weighted by Crippen LogP contribution is 2.35. The molecule has 2 aromatic heterocycles. The van der Waals surface area contributed by atoms with Crippen molar-refractivity contribution in [3.63, 3.8) is 0 Å². The van der Waals surface area contributed by atoms with Crippen molar-refractivity contribution in [1.29, 1.82) is 0 Å². The van der Waals surface area contributed by atoms with Crippen LogP contribution in [0.1, 0.15) is 5.69 Å². The molecule has 0 saturated carbocycles. The summed E-state index contributed by atoms with van der Waals surface area (Å²) in [6.45, 7) is 0.142. The number of furan rings is 1. The number of nitrogens with zero attached hydrogens (tertiary/aromatic N) is 1. The predicted octanol–water partition coefficient (Wildman–Crippen LogP) is 5.13. The first-order chi connectivity index (χ1) is 14.6. The fraction of sp³-hybridized carbons (Fsp3) is 0.0417. The lowest BCUT2D eigenvalue weighted by atomic mass is 10.0. The van der Waals surface area contributed by atoms with Gasteiger partial charge in [0.15, 0.2) is 0 Å². The van der Waals surface area contributed by atoms with E-state index in [1.165, 1.54) is 0 Å². The van der Waals surface area contributed by atoms with Gasteiger partial charge in [-0.1, -0.05) is 54.6 Å². The van der Waals surface area contributed by atoms with Crippen LogP contribution < -0.4 is 4.72 Å². The summed E-state index contributed by atoms with van der Waals surface area (Å²) >= 11 is 0. The molecule has 5 rings (SSSR count). The molecular formula is C24H18N2O3S. The van der Waals surface area contributed by atoms with Crippen molar-refractivity contribution < 1.29 is 12.8 Å². The molecule has 0 aliphatic carbocycles. The van der Waals surface area contributed by atoms with Gasteiger partial charge in [0.25, 0.3) is 0 Å². The molecule has 0 aliphatic rings. The van der Waals surface area contributed by atoms with Crippen LogP contribution in [0.5, 0.6) is 0 Å². The van der Waals surface area contributed by atoms with Crippen LogP contribution in [0.15, 0.2) is 100 Å². The third kappa shape index (κ3) is 3.36. The highest BCUT2D eigenvalue weighted by atomic mass is 32.2. The van der Waals surface area contributed by atoms with Crippen molar-refractivity contribution in [2.45, 2.75) is 11.4 Å². The van der Waals surface area contributed by atoms with E-state index in [1.54, 1.807) is 42.6 Å². The summed E-state index contributed by atoms with van der Waals surface area (Å²) in [5.41, 5.74) is 4.10. The number of nitrogens with one attached hydrogen (secondary N) is 1. The highest BCUT2D eigenvalue weighted by molar-refractivity contribution is 7.89. The maximum Gasteiger partial charge on any atom is 0.240 e. The summed E-state index contributed by atoms with van der Waals surface area (Å²) in [5.74, 6) is 0. The fourth-order valence-corrected chi connectivity index (χ4v) is 4.54. The second-order valence-electron chi connectivity index (χ2n) is 6.95. The number of sulfonamides is 1. The van der Waals surface area contributed by atoms with Crippen LogP contribution >= 0.6 is 0 Å². The molecule has 0 saturated heterocycles. The van der Waals surface area contributed by atoms with E-state index >= 15 is 0 Å². The minimum Gasteiger partial charge on any atom is -0.455 e. The smallest absolute Gasteiger partial charge is 0.240 e. The van der Waals surface area contributed by atoms with Crippen molar-refractivity contribution in [2.24, 2.45) is 0 Å². The van der Waals surface area contributed by atoms with Gasteiger partial charge in [-0.25, -0.2) is 13.1 Å². The first kappa shape index (κ1) is 18.5.